The zero-order valence-electron chi connectivity index (χ0n) is 7.20. The molecule has 0 atom stereocenters. The summed E-state index contributed by atoms with van der Waals surface area (Å²) >= 11 is 0. The zero-order chi connectivity index (χ0) is 9.30. The lowest BCUT2D eigenvalue weighted by Crippen LogP contribution is -2.32. The van der Waals surface area contributed by atoms with Gasteiger partial charge in [-0.05, 0) is 25.0 Å². The lowest BCUT2D eigenvalue weighted by atomic mass is 9.77. The minimum Gasteiger partial charge on any atom is -0.423 e. The van der Waals surface area contributed by atoms with Gasteiger partial charge in [0.2, 0.25) is 0 Å². The van der Waals surface area contributed by atoms with Crippen molar-refractivity contribution in [3.05, 3.63) is 23.3 Å². The van der Waals surface area contributed by atoms with Crippen LogP contribution in [-0.4, -0.2) is 17.2 Å². The third-order valence-corrected chi connectivity index (χ3v) is 2.10. The van der Waals surface area contributed by atoms with Crippen LogP contribution in [0.25, 0.3) is 0 Å². The third-order valence-electron chi connectivity index (χ3n) is 2.10. The first-order valence-corrected chi connectivity index (χ1v) is 3.75. The van der Waals surface area contributed by atoms with Crippen molar-refractivity contribution < 1.29 is 10.0 Å². The van der Waals surface area contributed by atoms with Gasteiger partial charge < -0.3 is 15.8 Å². The van der Waals surface area contributed by atoms with E-state index in [4.69, 9.17) is 15.8 Å². The van der Waals surface area contributed by atoms with Crippen molar-refractivity contribution >= 4 is 18.3 Å². The average Bonchev–Trinajstić information content (AvgIpc) is 2.00. The molecule has 1 aromatic rings. The van der Waals surface area contributed by atoms with E-state index < -0.39 is 7.12 Å². The van der Waals surface area contributed by atoms with Gasteiger partial charge in [0, 0.05) is 11.2 Å². The maximum absolute atomic E-state index is 8.90. The quantitative estimate of drug-likeness (QED) is 0.390. The summed E-state index contributed by atoms with van der Waals surface area (Å²) in [4.78, 5) is 0. The van der Waals surface area contributed by atoms with E-state index in [0.29, 0.717) is 11.2 Å². The summed E-state index contributed by atoms with van der Waals surface area (Å²) in [5.74, 6) is 0. The minimum atomic E-state index is -1.48. The van der Waals surface area contributed by atoms with Crippen LogP contribution in [-0.2, 0) is 0 Å². The Hall–Kier alpha value is -0.995. The lowest BCUT2D eigenvalue weighted by molar-refractivity contribution is 0.426. The second-order valence-corrected chi connectivity index (χ2v) is 2.88. The molecule has 0 radical (unpaired) electrons. The van der Waals surface area contributed by atoms with Crippen molar-refractivity contribution in [2.45, 2.75) is 13.8 Å². The molecule has 0 unspecified atom stereocenters. The Morgan fingerprint density at radius 2 is 1.83 bits per heavy atom. The van der Waals surface area contributed by atoms with Gasteiger partial charge in [0.1, 0.15) is 0 Å². The highest BCUT2D eigenvalue weighted by Crippen LogP contribution is 2.12. The number of aryl methyl sites for hydroxylation is 1. The number of hydrogen-bond donors (Lipinski definition) is 3. The highest BCUT2D eigenvalue weighted by molar-refractivity contribution is 6.60. The standard InChI is InChI=1S/C8H12BNO2/c1-5-3-4-7(9(11)12)8(10)6(5)2/h3-4,11-12H,10H2,1-2H3. The zero-order valence-corrected chi connectivity index (χ0v) is 7.20. The van der Waals surface area contributed by atoms with E-state index in [1.54, 1.807) is 6.07 Å². The van der Waals surface area contributed by atoms with Gasteiger partial charge in [-0.25, -0.2) is 0 Å². The molecule has 3 nitrogen and oxygen atoms in total. The smallest absolute Gasteiger partial charge is 0.423 e. The van der Waals surface area contributed by atoms with Gasteiger partial charge in [-0.15, -0.1) is 0 Å². The Bertz CT molecular complexity index is 299. The minimum absolute atomic E-state index is 0.373. The molecule has 0 heterocycles. The monoisotopic (exact) mass is 165 g/mol. The predicted molar refractivity (Wildman–Crippen MR) is 50.2 cm³/mol. The van der Waals surface area contributed by atoms with Crippen LogP contribution in [0.2, 0.25) is 0 Å². The SMILES string of the molecule is Cc1ccc(B(O)O)c(N)c1C. The van der Waals surface area contributed by atoms with Crippen LogP contribution >= 0.6 is 0 Å². The van der Waals surface area contributed by atoms with Gasteiger partial charge in [0.15, 0.2) is 0 Å². The first-order valence-electron chi connectivity index (χ1n) is 3.75. The van der Waals surface area contributed by atoms with E-state index in [1.165, 1.54) is 0 Å². The predicted octanol–water partition coefficient (Wildman–Crippen LogP) is -0.435. The van der Waals surface area contributed by atoms with Crippen molar-refractivity contribution in [2.24, 2.45) is 0 Å². The lowest BCUT2D eigenvalue weighted by Gasteiger charge is -2.09. The van der Waals surface area contributed by atoms with Crippen molar-refractivity contribution in [3.63, 3.8) is 0 Å². The number of rotatable bonds is 1. The number of anilines is 1. The first kappa shape index (κ1) is 9.10. The van der Waals surface area contributed by atoms with E-state index in [9.17, 15) is 0 Å². The van der Waals surface area contributed by atoms with Gasteiger partial charge in [-0.3, -0.25) is 0 Å². The fourth-order valence-electron chi connectivity index (χ4n) is 1.08. The molecule has 0 aliphatic rings. The van der Waals surface area contributed by atoms with Gasteiger partial charge in [-0.1, -0.05) is 12.1 Å². The number of nitrogen functional groups attached to an aromatic ring is 1. The second kappa shape index (κ2) is 3.17. The third kappa shape index (κ3) is 1.44. The number of hydrogen-bond acceptors (Lipinski definition) is 3. The number of benzene rings is 1. The molecule has 0 aliphatic heterocycles. The molecule has 12 heavy (non-hydrogen) atoms. The molecule has 4 heteroatoms. The van der Waals surface area contributed by atoms with Gasteiger partial charge in [-0.2, -0.15) is 0 Å². The fraction of sp³-hybridized carbons (Fsp3) is 0.250. The second-order valence-electron chi connectivity index (χ2n) is 2.88. The largest absolute Gasteiger partial charge is 0.490 e. The Balaban J connectivity index is 3.27. The molecule has 0 amide bonds. The van der Waals surface area contributed by atoms with E-state index in [1.807, 2.05) is 19.9 Å². The molecule has 64 valence electrons. The molecule has 0 bridgehead atoms. The molecule has 1 rings (SSSR count). The molecular weight excluding hydrogens is 153 g/mol. The van der Waals surface area contributed by atoms with Gasteiger partial charge >= 0.3 is 7.12 Å². The normalized spacial score (nSPS) is 10.0. The van der Waals surface area contributed by atoms with Crippen LogP contribution in [0.5, 0.6) is 0 Å². The van der Waals surface area contributed by atoms with Gasteiger partial charge in [0.05, 0.1) is 0 Å². The topological polar surface area (TPSA) is 66.5 Å². The molecule has 0 fully saturated rings. The number of nitrogens with two attached hydrogens (primary N) is 1. The Kier molecular flexibility index (Phi) is 2.40. The molecule has 0 saturated heterocycles. The van der Waals surface area contributed by atoms with Crippen LogP contribution in [0.1, 0.15) is 11.1 Å². The molecule has 0 aliphatic carbocycles. The van der Waals surface area contributed by atoms with Crippen molar-refractivity contribution in [3.8, 4) is 0 Å². The average molecular weight is 165 g/mol. The van der Waals surface area contributed by atoms with E-state index in [-0.39, 0.29) is 0 Å². The van der Waals surface area contributed by atoms with Crippen LogP contribution in [0.15, 0.2) is 12.1 Å². The fourth-order valence-corrected chi connectivity index (χ4v) is 1.08. The molecule has 0 saturated carbocycles. The maximum Gasteiger partial charge on any atom is 0.490 e. The summed E-state index contributed by atoms with van der Waals surface area (Å²) < 4.78 is 0. The van der Waals surface area contributed by atoms with Crippen LogP contribution in [0.4, 0.5) is 5.69 Å². The summed E-state index contributed by atoms with van der Waals surface area (Å²) in [5.41, 5.74) is 8.46. The van der Waals surface area contributed by atoms with Crippen LogP contribution < -0.4 is 11.2 Å². The molecule has 1 aromatic carbocycles. The highest BCUT2D eigenvalue weighted by atomic mass is 16.4. The van der Waals surface area contributed by atoms with E-state index >= 15 is 0 Å². The Morgan fingerprint density at radius 3 is 2.33 bits per heavy atom. The van der Waals surface area contributed by atoms with Crippen molar-refractivity contribution in [2.75, 3.05) is 5.73 Å². The summed E-state index contributed by atoms with van der Waals surface area (Å²) in [5, 5.41) is 17.8. The molecular formula is C8H12BNO2. The summed E-state index contributed by atoms with van der Waals surface area (Å²) in [6.07, 6.45) is 0. The van der Waals surface area contributed by atoms with E-state index in [0.717, 1.165) is 11.1 Å². The van der Waals surface area contributed by atoms with Crippen LogP contribution in [0, 0.1) is 13.8 Å². The summed E-state index contributed by atoms with van der Waals surface area (Å²) in [6.45, 7) is 3.79. The van der Waals surface area contributed by atoms with E-state index in [2.05, 4.69) is 0 Å². The summed E-state index contributed by atoms with van der Waals surface area (Å²) in [6, 6.07) is 3.45. The molecule has 4 N–H and O–H groups in total. The van der Waals surface area contributed by atoms with Crippen molar-refractivity contribution in [1.29, 1.82) is 0 Å². The highest BCUT2D eigenvalue weighted by Gasteiger charge is 2.15. The molecule has 0 aromatic heterocycles. The first-order chi connectivity index (χ1) is 5.54. The van der Waals surface area contributed by atoms with Crippen LogP contribution in [0.3, 0.4) is 0 Å². The maximum atomic E-state index is 8.90. The Morgan fingerprint density at radius 1 is 1.25 bits per heavy atom. The molecule has 0 spiro atoms. The Labute approximate surface area is 72.0 Å². The summed E-state index contributed by atoms with van der Waals surface area (Å²) in [7, 11) is -1.48. The van der Waals surface area contributed by atoms with Crippen molar-refractivity contribution in [1.82, 2.24) is 0 Å². The van der Waals surface area contributed by atoms with Gasteiger partial charge in [0.25, 0.3) is 0 Å².